The number of carbonyl (C=O) groups is 1. The molecule has 3 N–H and O–H groups in total. The molecule has 0 rings (SSSR count). The first-order valence-corrected chi connectivity index (χ1v) is 2.96. The molecule has 1 unspecified atom stereocenters. The zero-order valence-electron chi connectivity index (χ0n) is 4.91. The Hall–Kier alpha value is -0.180. The summed E-state index contributed by atoms with van der Waals surface area (Å²) in [6.07, 6.45) is 0.243. The molecule has 0 saturated heterocycles. The van der Waals surface area contributed by atoms with Gasteiger partial charge in [0.25, 0.3) is 0 Å². The van der Waals surface area contributed by atoms with Crippen molar-refractivity contribution in [1.82, 2.24) is 0 Å². The van der Waals surface area contributed by atoms with Gasteiger partial charge in [0.2, 0.25) is 0 Å². The van der Waals surface area contributed by atoms with Crippen molar-refractivity contribution in [3.63, 3.8) is 0 Å². The highest BCUT2D eigenvalue weighted by Crippen LogP contribution is 1.94. The van der Waals surface area contributed by atoms with E-state index in [4.69, 9.17) is 10.8 Å². The summed E-state index contributed by atoms with van der Waals surface area (Å²) < 4.78 is 4.21. The van der Waals surface area contributed by atoms with E-state index in [-0.39, 0.29) is 13.0 Å². The van der Waals surface area contributed by atoms with Crippen molar-refractivity contribution < 1.29 is 14.4 Å². The van der Waals surface area contributed by atoms with E-state index in [1.807, 2.05) is 0 Å². The summed E-state index contributed by atoms with van der Waals surface area (Å²) in [5.74, 6) is -0.519. The second kappa shape index (κ2) is 4.68. The van der Waals surface area contributed by atoms with Gasteiger partial charge < -0.3 is 15.4 Å². The number of aliphatic hydroxyl groups is 1. The maximum atomic E-state index is 10.4. The van der Waals surface area contributed by atoms with Gasteiger partial charge in [0.05, 0.1) is 9.47 Å². The monoisotopic (exact) mass is 151 g/mol. The average Bonchev–Trinajstić information content (AvgIpc) is 1.87. The van der Waals surface area contributed by atoms with Crippen molar-refractivity contribution in [2.45, 2.75) is 12.5 Å². The van der Waals surface area contributed by atoms with Crippen LogP contribution in [-0.4, -0.2) is 23.7 Å². The Kier molecular flexibility index (Phi) is 4.58. The van der Waals surface area contributed by atoms with Crippen LogP contribution in [0.4, 0.5) is 0 Å². The lowest BCUT2D eigenvalue weighted by Gasteiger charge is -2.04. The summed E-state index contributed by atoms with van der Waals surface area (Å²) in [6, 6.07) is -0.701. The predicted octanol–water partition coefficient (Wildman–Crippen LogP) is -0.971. The average molecular weight is 151 g/mol. The van der Waals surface area contributed by atoms with Crippen LogP contribution in [0, 0.1) is 0 Å². The van der Waals surface area contributed by atoms with Gasteiger partial charge in [-0.05, 0) is 6.42 Å². The smallest absolute Gasteiger partial charge is 0.325 e. The fourth-order valence-electron chi connectivity index (χ4n) is 0.344. The molecule has 9 heavy (non-hydrogen) atoms. The summed E-state index contributed by atoms with van der Waals surface area (Å²) >= 11 is 0. The van der Waals surface area contributed by atoms with Gasteiger partial charge in [-0.3, -0.25) is 4.79 Å². The van der Waals surface area contributed by atoms with E-state index in [2.05, 4.69) is 4.52 Å². The zero-order valence-corrected chi connectivity index (χ0v) is 6.06. The molecule has 0 amide bonds. The SMILES string of the molecule is N[C@@H](CCO)C(=O)OP. The largest absolute Gasteiger partial charge is 0.450 e. The lowest BCUT2D eigenvalue weighted by Crippen LogP contribution is -2.31. The molecular formula is C4H10NO3P. The Morgan fingerprint density at radius 2 is 2.44 bits per heavy atom. The van der Waals surface area contributed by atoms with Crippen molar-refractivity contribution in [3.05, 3.63) is 0 Å². The summed E-state index contributed by atoms with van der Waals surface area (Å²) in [5.41, 5.74) is 5.19. The van der Waals surface area contributed by atoms with Gasteiger partial charge in [-0.2, -0.15) is 0 Å². The van der Waals surface area contributed by atoms with E-state index in [9.17, 15) is 4.79 Å². The van der Waals surface area contributed by atoms with Gasteiger partial charge in [-0.1, -0.05) is 0 Å². The second-order valence-corrected chi connectivity index (χ2v) is 1.79. The van der Waals surface area contributed by atoms with Crippen molar-refractivity contribution >= 4 is 15.4 Å². The van der Waals surface area contributed by atoms with Crippen LogP contribution in [-0.2, 0) is 9.32 Å². The molecule has 0 aromatic rings. The predicted molar refractivity (Wildman–Crippen MR) is 35.5 cm³/mol. The highest BCUT2D eigenvalue weighted by atomic mass is 31.0. The molecule has 4 nitrogen and oxygen atoms in total. The van der Waals surface area contributed by atoms with Gasteiger partial charge in [0.15, 0.2) is 0 Å². The van der Waals surface area contributed by atoms with E-state index >= 15 is 0 Å². The number of hydrogen-bond acceptors (Lipinski definition) is 4. The van der Waals surface area contributed by atoms with Gasteiger partial charge in [0.1, 0.15) is 6.04 Å². The molecule has 0 spiro atoms. The van der Waals surface area contributed by atoms with Gasteiger partial charge in [0, 0.05) is 6.61 Å². The number of carbonyl (C=O) groups excluding carboxylic acids is 1. The highest BCUT2D eigenvalue weighted by Gasteiger charge is 2.11. The van der Waals surface area contributed by atoms with E-state index in [0.717, 1.165) is 0 Å². The molecule has 0 aliphatic carbocycles. The molecule has 2 atom stereocenters. The first-order valence-electron chi connectivity index (χ1n) is 2.49. The zero-order chi connectivity index (χ0) is 7.28. The Labute approximate surface area is 55.7 Å². The van der Waals surface area contributed by atoms with Crippen LogP contribution in [0.5, 0.6) is 0 Å². The molecule has 0 bridgehead atoms. The minimum atomic E-state index is -0.701. The van der Waals surface area contributed by atoms with Crippen LogP contribution in [0.3, 0.4) is 0 Å². The quantitative estimate of drug-likeness (QED) is 0.509. The first kappa shape index (κ1) is 8.82. The molecule has 5 heteroatoms. The minimum Gasteiger partial charge on any atom is -0.450 e. The standard InChI is InChI=1S/C4H10NO3P/c5-3(1-2-6)4(7)8-9/h3,6H,1-2,5,9H2/t3-/m0/s1. The molecule has 0 aromatic carbocycles. The van der Waals surface area contributed by atoms with Crippen LogP contribution in [0.15, 0.2) is 0 Å². The number of nitrogens with two attached hydrogens (primary N) is 1. The van der Waals surface area contributed by atoms with Gasteiger partial charge in [-0.15, -0.1) is 0 Å². The molecular weight excluding hydrogens is 141 g/mol. The summed E-state index contributed by atoms with van der Waals surface area (Å²) in [5, 5.41) is 8.29. The summed E-state index contributed by atoms with van der Waals surface area (Å²) in [7, 11) is 1.80. The Bertz CT molecular complexity index is 97.8. The molecule has 0 aromatic heterocycles. The van der Waals surface area contributed by atoms with E-state index in [0.29, 0.717) is 0 Å². The van der Waals surface area contributed by atoms with E-state index in [1.165, 1.54) is 0 Å². The van der Waals surface area contributed by atoms with Crippen LogP contribution in [0.2, 0.25) is 0 Å². The highest BCUT2D eigenvalue weighted by molar-refractivity contribution is 7.10. The Morgan fingerprint density at radius 3 is 2.78 bits per heavy atom. The number of hydrogen-bond donors (Lipinski definition) is 2. The van der Waals surface area contributed by atoms with E-state index in [1.54, 1.807) is 9.47 Å². The topological polar surface area (TPSA) is 72.5 Å². The fourth-order valence-corrected chi connectivity index (χ4v) is 0.519. The third-order valence-corrected chi connectivity index (χ3v) is 1.09. The minimum absolute atomic E-state index is 0.0963. The van der Waals surface area contributed by atoms with Crippen molar-refractivity contribution in [3.8, 4) is 0 Å². The first-order chi connectivity index (χ1) is 4.22. The van der Waals surface area contributed by atoms with Crippen LogP contribution in [0.25, 0.3) is 0 Å². The number of aliphatic hydroxyl groups excluding tert-OH is 1. The van der Waals surface area contributed by atoms with Crippen molar-refractivity contribution in [1.29, 1.82) is 0 Å². The molecule has 0 heterocycles. The summed E-state index contributed by atoms with van der Waals surface area (Å²) in [6.45, 7) is -0.0963. The second-order valence-electron chi connectivity index (χ2n) is 1.56. The maximum Gasteiger partial charge on any atom is 0.325 e. The third kappa shape index (κ3) is 3.40. The summed E-state index contributed by atoms with van der Waals surface area (Å²) in [4.78, 5) is 10.4. The lowest BCUT2D eigenvalue weighted by atomic mass is 10.2. The lowest BCUT2D eigenvalue weighted by molar-refractivity contribution is -0.135. The fraction of sp³-hybridized carbons (Fsp3) is 0.750. The van der Waals surface area contributed by atoms with Crippen molar-refractivity contribution in [2.24, 2.45) is 5.73 Å². The molecule has 0 fully saturated rings. The van der Waals surface area contributed by atoms with E-state index < -0.39 is 12.0 Å². The molecule has 0 aliphatic heterocycles. The Balaban J connectivity index is 3.45. The van der Waals surface area contributed by atoms with Gasteiger partial charge >= 0.3 is 5.97 Å². The molecule has 0 aliphatic rings. The Morgan fingerprint density at radius 1 is 1.89 bits per heavy atom. The maximum absolute atomic E-state index is 10.4. The van der Waals surface area contributed by atoms with Crippen LogP contribution >= 0.6 is 9.47 Å². The molecule has 0 saturated carbocycles. The molecule has 54 valence electrons. The third-order valence-electron chi connectivity index (χ3n) is 0.859. The van der Waals surface area contributed by atoms with Crippen LogP contribution < -0.4 is 5.73 Å². The van der Waals surface area contributed by atoms with Gasteiger partial charge in [-0.25, -0.2) is 0 Å². The van der Waals surface area contributed by atoms with Crippen molar-refractivity contribution in [2.75, 3.05) is 6.61 Å². The number of rotatable bonds is 3. The van der Waals surface area contributed by atoms with Crippen LogP contribution in [0.1, 0.15) is 6.42 Å². The normalized spacial score (nSPS) is 12.8. The molecule has 0 radical (unpaired) electrons.